The Bertz CT molecular complexity index is 666. The van der Waals surface area contributed by atoms with E-state index in [0.29, 0.717) is 6.42 Å². The Morgan fingerprint density at radius 1 is 0.763 bits per heavy atom. The van der Waals surface area contributed by atoms with Gasteiger partial charge in [0.15, 0.2) is 6.10 Å². The maximum atomic E-state index is 12.5. The third-order valence-corrected chi connectivity index (χ3v) is 7.30. The Morgan fingerprint density at radius 3 is 1.82 bits per heavy atom. The minimum Gasteiger partial charge on any atom is -0.454 e. The topological polar surface area (TPSA) is 196 Å². The van der Waals surface area contributed by atoms with Gasteiger partial charge in [-0.3, -0.25) is 4.79 Å². The lowest BCUT2D eigenvalue weighted by molar-refractivity contribution is -0.384. The molecule has 12 nitrogen and oxygen atoms in total. The molecule has 38 heavy (non-hydrogen) atoms. The molecule has 224 valence electrons. The zero-order valence-corrected chi connectivity index (χ0v) is 22.4. The van der Waals surface area contributed by atoms with Crippen molar-refractivity contribution in [1.29, 1.82) is 0 Å². The van der Waals surface area contributed by atoms with Gasteiger partial charge in [-0.2, -0.15) is 0 Å². The molecule has 0 radical (unpaired) electrons. The first kappa shape index (κ1) is 33.3. The van der Waals surface area contributed by atoms with Crippen molar-refractivity contribution in [2.75, 3.05) is 19.8 Å². The first-order valence-corrected chi connectivity index (χ1v) is 14.0. The Labute approximate surface area is 224 Å². The van der Waals surface area contributed by atoms with Crippen molar-refractivity contribution in [2.24, 2.45) is 0 Å². The van der Waals surface area contributed by atoms with E-state index in [-0.39, 0.29) is 6.42 Å². The lowest BCUT2D eigenvalue weighted by Crippen LogP contribution is -2.63. The predicted octanol–water partition coefficient (Wildman–Crippen LogP) is -0.144. The lowest BCUT2D eigenvalue weighted by atomic mass is 9.98. The van der Waals surface area contributed by atoms with Crippen LogP contribution in [-0.4, -0.2) is 116 Å². The molecule has 0 aromatic carbocycles. The van der Waals surface area contributed by atoms with Gasteiger partial charge < -0.3 is 54.7 Å². The monoisotopic (exact) mass is 552 g/mol. The fraction of sp³-hybridized carbons (Fsp3) is 0.962. The van der Waals surface area contributed by atoms with Crippen LogP contribution < -0.4 is 0 Å². The molecule has 0 spiro atoms. The van der Waals surface area contributed by atoms with Gasteiger partial charge in [0.05, 0.1) is 13.2 Å². The molecular formula is C26H48O12. The maximum Gasteiger partial charge on any atom is 0.306 e. The highest BCUT2D eigenvalue weighted by Crippen LogP contribution is 2.36. The molecule has 2 rings (SSSR count). The zero-order valence-electron chi connectivity index (χ0n) is 22.4. The lowest BCUT2D eigenvalue weighted by Gasteiger charge is -2.44. The molecule has 0 aromatic rings. The number of esters is 1. The van der Waals surface area contributed by atoms with Crippen LogP contribution in [0.5, 0.6) is 0 Å². The van der Waals surface area contributed by atoms with E-state index in [1.807, 2.05) is 0 Å². The molecule has 2 heterocycles. The Kier molecular flexibility index (Phi) is 14.9. The summed E-state index contributed by atoms with van der Waals surface area (Å²) in [4.78, 5) is 12.5. The molecule has 0 unspecified atom stereocenters. The zero-order chi connectivity index (χ0) is 28.1. The van der Waals surface area contributed by atoms with Crippen LogP contribution in [0.2, 0.25) is 0 Å². The van der Waals surface area contributed by atoms with Crippen molar-refractivity contribution in [3.63, 3.8) is 0 Å². The standard InChI is InChI=1S/C26H48O12/c1-2-3-4-5-6-7-8-9-10-11-12-13-19(30)36-23-22(33)20(31)17(14-27)35-25(23)38-26(16-29)24(34)21(32)18(15-28)37-26/h17-18,20-25,27-29,31-34H,2-16H2,1H3/t17-,18-,20-,21-,22+,23-,24+,25-,26+/m1/s1. The second kappa shape index (κ2) is 17.0. The highest BCUT2D eigenvalue weighted by atomic mass is 16.8. The maximum absolute atomic E-state index is 12.5. The Hall–Kier alpha value is -0.930. The summed E-state index contributed by atoms with van der Waals surface area (Å²) >= 11 is 0. The molecule has 12 heteroatoms. The molecule has 0 aromatic heterocycles. The molecule has 0 saturated carbocycles. The summed E-state index contributed by atoms with van der Waals surface area (Å²) in [6.07, 6.45) is -0.375. The van der Waals surface area contributed by atoms with Gasteiger partial charge in [0.2, 0.25) is 12.1 Å². The number of hydrogen-bond acceptors (Lipinski definition) is 12. The average molecular weight is 553 g/mol. The van der Waals surface area contributed by atoms with E-state index in [2.05, 4.69) is 6.92 Å². The van der Waals surface area contributed by atoms with Crippen LogP contribution >= 0.6 is 0 Å². The smallest absolute Gasteiger partial charge is 0.306 e. The van der Waals surface area contributed by atoms with Crippen LogP contribution in [0.4, 0.5) is 0 Å². The number of ether oxygens (including phenoxy) is 4. The highest BCUT2D eigenvalue weighted by Gasteiger charge is 2.59. The number of carbonyl (C=O) groups is 1. The molecule has 0 amide bonds. The van der Waals surface area contributed by atoms with E-state index in [4.69, 9.17) is 18.9 Å². The first-order valence-electron chi connectivity index (χ1n) is 14.0. The summed E-state index contributed by atoms with van der Waals surface area (Å²) in [7, 11) is 0. The minimum atomic E-state index is -2.28. The first-order chi connectivity index (χ1) is 18.2. The van der Waals surface area contributed by atoms with Gasteiger partial charge in [-0.05, 0) is 6.42 Å². The molecule has 0 bridgehead atoms. The van der Waals surface area contributed by atoms with Gasteiger partial charge in [0, 0.05) is 6.42 Å². The molecule has 2 aliphatic rings. The molecular weight excluding hydrogens is 504 g/mol. The molecule has 7 N–H and O–H groups in total. The second-order valence-corrected chi connectivity index (χ2v) is 10.3. The van der Waals surface area contributed by atoms with E-state index >= 15 is 0 Å². The number of carbonyl (C=O) groups excluding carboxylic acids is 1. The van der Waals surface area contributed by atoms with Crippen LogP contribution in [0.3, 0.4) is 0 Å². The quantitative estimate of drug-likeness (QED) is 0.0879. The Morgan fingerprint density at radius 2 is 1.32 bits per heavy atom. The van der Waals surface area contributed by atoms with Crippen LogP contribution in [0.15, 0.2) is 0 Å². The summed E-state index contributed by atoms with van der Waals surface area (Å²) < 4.78 is 21.8. The van der Waals surface area contributed by atoms with E-state index < -0.39 is 80.6 Å². The second-order valence-electron chi connectivity index (χ2n) is 10.3. The van der Waals surface area contributed by atoms with Crippen molar-refractivity contribution < 1.29 is 59.5 Å². The van der Waals surface area contributed by atoms with Gasteiger partial charge in [-0.15, -0.1) is 0 Å². The SMILES string of the molecule is CCCCCCCCCCCCCC(=O)O[C@H]1[C@@H](O[C@]2(CO)O[C@H](CO)[C@@H](O)[C@@H]2O)O[C@H](CO)[C@@H](O)[C@@H]1O. The predicted molar refractivity (Wildman–Crippen MR) is 134 cm³/mol. The van der Waals surface area contributed by atoms with Crippen LogP contribution in [-0.2, 0) is 23.7 Å². The fourth-order valence-electron chi connectivity index (χ4n) is 4.89. The summed E-state index contributed by atoms with van der Waals surface area (Å²) in [6, 6.07) is 0. The van der Waals surface area contributed by atoms with Crippen LogP contribution in [0.1, 0.15) is 84.0 Å². The molecule has 2 fully saturated rings. The number of rotatable bonds is 18. The van der Waals surface area contributed by atoms with Crippen molar-refractivity contribution in [2.45, 2.75) is 139 Å². The third-order valence-electron chi connectivity index (χ3n) is 7.30. The normalized spacial score (nSPS) is 35.5. The number of aliphatic hydroxyl groups excluding tert-OH is 7. The molecule has 2 saturated heterocycles. The minimum absolute atomic E-state index is 0.0576. The van der Waals surface area contributed by atoms with Crippen molar-refractivity contribution in [3.8, 4) is 0 Å². The van der Waals surface area contributed by atoms with Crippen LogP contribution in [0, 0.1) is 0 Å². The van der Waals surface area contributed by atoms with Crippen molar-refractivity contribution >= 4 is 5.97 Å². The van der Waals surface area contributed by atoms with Crippen molar-refractivity contribution in [1.82, 2.24) is 0 Å². The number of hydrogen-bond donors (Lipinski definition) is 7. The summed E-state index contributed by atoms with van der Waals surface area (Å²) in [5, 5.41) is 70.2. The fourth-order valence-corrected chi connectivity index (χ4v) is 4.89. The van der Waals surface area contributed by atoms with Gasteiger partial charge in [-0.25, -0.2) is 0 Å². The molecule has 2 aliphatic heterocycles. The summed E-state index contributed by atoms with van der Waals surface area (Å²) in [6.45, 7) is -0.184. The molecule has 9 atom stereocenters. The van der Waals surface area contributed by atoms with Gasteiger partial charge in [0.25, 0.3) is 0 Å². The van der Waals surface area contributed by atoms with E-state index in [1.54, 1.807) is 0 Å². The Balaban J connectivity index is 1.87. The third kappa shape index (κ3) is 9.05. The van der Waals surface area contributed by atoms with Gasteiger partial charge in [0.1, 0.15) is 43.2 Å². The average Bonchev–Trinajstić information content (AvgIpc) is 3.16. The van der Waals surface area contributed by atoms with Gasteiger partial charge >= 0.3 is 5.97 Å². The molecule has 0 aliphatic carbocycles. The summed E-state index contributed by atoms with van der Waals surface area (Å²) in [5.74, 6) is -2.95. The van der Waals surface area contributed by atoms with Crippen LogP contribution in [0.25, 0.3) is 0 Å². The highest BCUT2D eigenvalue weighted by molar-refractivity contribution is 5.69. The van der Waals surface area contributed by atoms with E-state index in [1.165, 1.54) is 38.5 Å². The van der Waals surface area contributed by atoms with E-state index in [0.717, 1.165) is 25.7 Å². The number of aliphatic hydroxyl groups is 7. The summed E-state index contributed by atoms with van der Waals surface area (Å²) in [5.41, 5.74) is 0. The largest absolute Gasteiger partial charge is 0.454 e. The van der Waals surface area contributed by atoms with Crippen molar-refractivity contribution in [3.05, 3.63) is 0 Å². The van der Waals surface area contributed by atoms with Gasteiger partial charge in [-0.1, -0.05) is 71.1 Å². The van der Waals surface area contributed by atoms with E-state index in [9.17, 15) is 40.5 Å². The number of unbranched alkanes of at least 4 members (excludes halogenated alkanes) is 10.